The Morgan fingerprint density at radius 3 is 2.71 bits per heavy atom. The smallest absolute Gasteiger partial charge is 0.254 e. The number of halogens is 2. The monoisotopic (exact) mass is 508 g/mol. The van der Waals surface area contributed by atoms with Crippen LogP contribution in [0.25, 0.3) is 11.4 Å². The fraction of sp³-hybridized carbons (Fsp3) is 0.263. The number of nitrogens with zero attached hydrogens (tertiary/aromatic N) is 4. The van der Waals surface area contributed by atoms with Crippen molar-refractivity contribution in [2.24, 2.45) is 0 Å². The van der Waals surface area contributed by atoms with Crippen molar-refractivity contribution < 1.29 is 0 Å². The van der Waals surface area contributed by atoms with Crippen LogP contribution < -0.4 is 16.2 Å². The SMILES string of the molecule is Br.Br.O=c1cc(-c2ccncn2)nc2n1CCNCC2NCc1ccccc1. The summed E-state index contributed by atoms with van der Waals surface area (Å²) in [6.07, 6.45) is 3.12. The topological polar surface area (TPSA) is 84.7 Å². The zero-order valence-corrected chi connectivity index (χ0v) is 18.5. The second-order valence-corrected chi connectivity index (χ2v) is 6.21. The van der Waals surface area contributed by atoms with Crippen LogP contribution in [0.5, 0.6) is 0 Å². The first-order valence-corrected chi connectivity index (χ1v) is 8.67. The molecular weight excluding hydrogens is 488 g/mol. The molecule has 0 saturated carbocycles. The summed E-state index contributed by atoms with van der Waals surface area (Å²) in [5, 5.41) is 6.90. The molecule has 4 rings (SSSR count). The molecule has 1 atom stereocenters. The molecule has 2 aromatic heterocycles. The van der Waals surface area contributed by atoms with Gasteiger partial charge in [0.25, 0.3) is 5.56 Å². The Kier molecular flexibility index (Phi) is 8.43. The Balaban J connectivity index is 0.00000140. The van der Waals surface area contributed by atoms with E-state index in [0.717, 1.165) is 12.4 Å². The number of nitrogens with one attached hydrogen (secondary N) is 2. The summed E-state index contributed by atoms with van der Waals surface area (Å²) < 4.78 is 1.74. The standard InChI is InChI=1S/C19H20N6O.2BrH/c26-18-10-16(15-6-7-21-13-23-15)24-19-17(12-20-8-9-25(18)19)22-11-14-4-2-1-3-5-14;;/h1-7,10,13,17,20,22H,8-9,11-12H2;2*1H. The highest BCUT2D eigenvalue weighted by atomic mass is 79.9. The maximum atomic E-state index is 12.7. The van der Waals surface area contributed by atoms with Crippen LogP contribution in [0.1, 0.15) is 17.4 Å². The highest BCUT2D eigenvalue weighted by molar-refractivity contribution is 8.93. The Labute approximate surface area is 184 Å². The lowest BCUT2D eigenvalue weighted by molar-refractivity contribution is 0.484. The summed E-state index contributed by atoms with van der Waals surface area (Å²) in [6.45, 7) is 2.77. The van der Waals surface area contributed by atoms with Crippen LogP contribution in [-0.2, 0) is 13.1 Å². The van der Waals surface area contributed by atoms with E-state index in [-0.39, 0.29) is 45.6 Å². The summed E-state index contributed by atoms with van der Waals surface area (Å²) in [6, 6.07) is 13.4. The van der Waals surface area contributed by atoms with Crippen LogP contribution in [0, 0.1) is 0 Å². The van der Waals surface area contributed by atoms with E-state index in [4.69, 9.17) is 4.98 Å². The van der Waals surface area contributed by atoms with Gasteiger partial charge in [0.15, 0.2) is 0 Å². The van der Waals surface area contributed by atoms with Crippen LogP contribution in [-0.4, -0.2) is 32.6 Å². The Morgan fingerprint density at radius 1 is 1.14 bits per heavy atom. The molecule has 0 bridgehead atoms. The molecule has 1 aliphatic rings. The largest absolute Gasteiger partial charge is 0.313 e. The average Bonchev–Trinajstić information content (AvgIpc) is 2.90. The molecule has 0 aliphatic carbocycles. The zero-order chi connectivity index (χ0) is 17.8. The molecule has 28 heavy (non-hydrogen) atoms. The third-order valence-electron chi connectivity index (χ3n) is 4.45. The number of benzene rings is 1. The van der Waals surface area contributed by atoms with Gasteiger partial charge in [0.2, 0.25) is 0 Å². The third-order valence-corrected chi connectivity index (χ3v) is 4.45. The summed E-state index contributed by atoms with van der Waals surface area (Å²) >= 11 is 0. The van der Waals surface area contributed by atoms with Crippen LogP contribution in [0.4, 0.5) is 0 Å². The Hall–Kier alpha value is -1.94. The molecule has 1 aliphatic heterocycles. The van der Waals surface area contributed by atoms with Crippen LogP contribution in [0.2, 0.25) is 0 Å². The van der Waals surface area contributed by atoms with Crippen molar-refractivity contribution in [3.63, 3.8) is 0 Å². The van der Waals surface area contributed by atoms with Gasteiger partial charge in [0.1, 0.15) is 12.2 Å². The molecule has 9 heteroatoms. The van der Waals surface area contributed by atoms with E-state index < -0.39 is 0 Å². The first-order valence-electron chi connectivity index (χ1n) is 8.67. The van der Waals surface area contributed by atoms with Gasteiger partial charge in [-0.3, -0.25) is 9.36 Å². The highest BCUT2D eigenvalue weighted by Gasteiger charge is 2.22. The van der Waals surface area contributed by atoms with Crippen LogP contribution in [0.3, 0.4) is 0 Å². The lowest BCUT2D eigenvalue weighted by Gasteiger charge is -2.19. The summed E-state index contributed by atoms with van der Waals surface area (Å²) in [4.78, 5) is 25.6. The second-order valence-electron chi connectivity index (χ2n) is 6.21. The van der Waals surface area contributed by atoms with Gasteiger partial charge in [0, 0.05) is 38.4 Å². The first-order chi connectivity index (χ1) is 12.8. The van der Waals surface area contributed by atoms with E-state index in [9.17, 15) is 4.79 Å². The van der Waals surface area contributed by atoms with Gasteiger partial charge >= 0.3 is 0 Å². The quantitative estimate of drug-likeness (QED) is 0.561. The second kappa shape index (κ2) is 10.6. The molecule has 2 N–H and O–H groups in total. The van der Waals surface area contributed by atoms with E-state index in [2.05, 4.69) is 32.7 Å². The molecule has 0 amide bonds. The predicted octanol–water partition coefficient (Wildman–Crippen LogP) is 2.29. The molecule has 3 aromatic rings. The molecule has 7 nitrogen and oxygen atoms in total. The first kappa shape index (κ1) is 22.4. The number of aromatic nitrogens is 4. The fourth-order valence-corrected chi connectivity index (χ4v) is 3.12. The van der Waals surface area contributed by atoms with Crippen molar-refractivity contribution in [1.82, 2.24) is 30.2 Å². The summed E-state index contributed by atoms with van der Waals surface area (Å²) in [5.41, 5.74) is 2.37. The van der Waals surface area contributed by atoms with Crippen LogP contribution in [0.15, 0.2) is 59.8 Å². The fourth-order valence-electron chi connectivity index (χ4n) is 3.12. The number of fused-ring (bicyclic) bond motifs is 1. The van der Waals surface area contributed by atoms with Crippen molar-refractivity contribution in [2.75, 3.05) is 13.1 Å². The zero-order valence-electron chi connectivity index (χ0n) is 15.1. The van der Waals surface area contributed by atoms with Gasteiger partial charge in [-0.25, -0.2) is 15.0 Å². The third kappa shape index (κ3) is 5.11. The van der Waals surface area contributed by atoms with Crippen molar-refractivity contribution >= 4 is 34.0 Å². The number of rotatable bonds is 4. The Bertz CT molecular complexity index is 936. The lowest BCUT2D eigenvalue weighted by atomic mass is 10.2. The summed E-state index contributed by atoms with van der Waals surface area (Å²) in [7, 11) is 0. The van der Waals surface area contributed by atoms with Crippen molar-refractivity contribution in [3.05, 3.63) is 76.7 Å². The van der Waals surface area contributed by atoms with Crippen molar-refractivity contribution in [3.8, 4) is 11.4 Å². The average molecular weight is 510 g/mol. The van der Waals surface area contributed by atoms with Crippen molar-refractivity contribution in [2.45, 2.75) is 19.1 Å². The Morgan fingerprint density at radius 2 is 1.96 bits per heavy atom. The number of hydrogen-bond acceptors (Lipinski definition) is 6. The minimum absolute atomic E-state index is 0. The number of hydrogen-bond donors (Lipinski definition) is 2. The molecule has 0 saturated heterocycles. The van der Waals surface area contributed by atoms with Gasteiger partial charge in [-0.1, -0.05) is 30.3 Å². The molecule has 0 fully saturated rings. The van der Waals surface area contributed by atoms with Gasteiger partial charge < -0.3 is 10.6 Å². The molecule has 148 valence electrons. The van der Waals surface area contributed by atoms with E-state index in [1.165, 1.54) is 11.9 Å². The molecular formula is C19H22Br2N6O. The maximum absolute atomic E-state index is 12.7. The van der Waals surface area contributed by atoms with Gasteiger partial charge in [-0.2, -0.15) is 0 Å². The normalized spacial score (nSPS) is 15.5. The van der Waals surface area contributed by atoms with E-state index in [1.54, 1.807) is 22.9 Å². The maximum Gasteiger partial charge on any atom is 0.254 e. The van der Waals surface area contributed by atoms with E-state index in [0.29, 0.717) is 31.0 Å². The molecule has 1 unspecified atom stereocenters. The molecule has 0 radical (unpaired) electrons. The highest BCUT2D eigenvalue weighted by Crippen LogP contribution is 2.17. The van der Waals surface area contributed by atoms with Gasteiger partial charge in [-0.15, -0.1) is 34.0 Å². The van der Waals surface area contributed by atoms with Gasteiger partial charge in [0.05, 0.1) is 17.4 Å². The summed E-state index contributed by atoms with van der Waals surface area (Å²) in [5.74, 6) is 0.743. The molecule has 0 spiro atoms. The van der Waals surface area contributed by atoms with E-state index in [1.807, 2.05) is 18.2 Å². The molecule has 1 aromatic carbocycles. The van der Waals surface area contributed by atoms with Gasteiger partial charge in [-0.05, 0) is 11.6 Å². The van der Waals surface area contributed by atoms with E-state index >= 15 is 0 Å². The predicted molar refractivity (Wildman–Crippen MR) is 119 cm³/mol. The van der Waals surface area contributed by atoms with Crippen LogP contribution >= 0.6 is 34.0 Å². The minimum atomic E-state index is -0.0628. The minimum Gasteiger partial charge on any atom is -0.313 e. The van der Waals surface area contributed by atoms with Crippen molar-refractivity contribution in [1.29, 1.82) is 0 Å². The lowest BCUT2D eigenvalue weighted by Crippen LogP contribution is -2.33. The molecule has 3 heterocycles.